The number of phenols is 1. The molecular formula is C17H26O2. The number of fused-ring (bicyclic) bond motifs is 1. The molecule has 2 rings (SSSR count). The van der Waals surface area contributed by atoms with Crippen LogP contribution < -0.4 is 4.74 Å². The van der Waals surface area contributed by atoms with Gasteiger partial charge in [0.15, 0.2) is 0 Å². The van der Waals surface area contributed by atoms with Gasteiger partial charge in [0.1, 0.15) is 17.1 Å². The molecule has 0 aromatic heterocycles. The predicted molar refractivity (Wildman–Crippen MR) is 79.0 cm³/mol. The highest BCUT2D eigenvalue weighted by molar-refractivity contribution is 5.54. The molecule has 0 spiro atoms. The van der Waals surface area contributed by atoms with Gasteiger partial charge >= 0.3 is 0 Å². The molecule has 0 bridgehead atoms. The lowest BCUT2D eigenvalue weighted by Crippen LogP contribution is -2.33. The second-order valence-electron chi connectivity index (χ2n) is 7.59. The van der Waals surface area contributed by atoms with Gasteiger partial charge in [-0.3, -0.25) is 0 Å². The molecule has 1 aromatic carbocycles. The zero-order valence-corrected chi connectivity index (χ0v) is 13.1. The van der Waals surface area contributed by atoms with Crippen LogP contribution in [0.1, 0.15) is 57.7 Å². The van der Waals surface area contributed by atoms with Crippen LogP contribution in [-0.2, 0) is 12.8 Å². The van der Waals surface area contributed by atoms with Gasteiger partial charge in [0, 0.05) is 5.56 Å². The number of rotatable bonds is 1. The van der Waals surface area contributed by atoms with Crippen molar-refractivity contribution in [3.05, 3.63) is 22.8 Å². The summed E-state index contributed by atoms with van der Waals surface area (Å²) in [5.41, 5.74) is 3.34. The first-order valence-electron chi connectivity index (χ1n) is 7.12. The predicted octanol–water partition coefficient (Wildman–Crippen LogP) is 4.39. The minimum Gasteiger partial charge on any atom is -0.508 e. The van der Waals surface area contributed by atoms with Crippen molar-refractivity contribution in [1.29, 1.82) is 0 Å². The Balaban J connectivity index is 2.48. The van der Waals surface area contributed by atoms with Gasteiger partial charge in [0.2, 0.25) is 0 Å². The molecule has 0 saturated carbocycles. The minimum atomic E-state index is -0.103. The first-order valence-corrected chi connectivity index (χ1v) is 7.12. The van der Waals surface area contributed by atoms with Gasteiger partial charge in [-0.2, -0.15) is 0 Å². The van der Waals surface area contributed by atoms with E-state index in [9.17, 15) is 5.11 Å². The quantitative estimate of drug-likeness (QED) is 0.813. The normalized spacial score (nSPS) is 17.8. The summed E-state index contributed by atoms with van der Waals surface area (Å²) in [4.78, 5) is 0. The van der Waals surface area contributed by atoms with Crippen molar-refractivity contribution in [2.24, 2.45) is 5.41 Å². The molecule has 19 heavy (non-hydrogen) atoms. The van der Waals surface area contributed by atoms with E-state index in [4.69, 9.17) is 4.74 Å². The highest BCUT2D eigenvalue weighted by Crippen LogP contribution is 2.42. The Bertz CT molecular complexity index is 493. The summed E-state index contributed by atoms with van der Waals surface area (Å²) in [6, 6.07) is 1.90. The molecule has 0 radical (unpaired) electrons. The zero-order valence-electron chi connectivity index (χ0n) is 13.1. The van der Waals surface area contributed by atoms with Crippen molar-refractivity contribution < 1.29 is 9.84 Å². The summed E-state index contributed by atoms with van der Waals surface area (Å²) in [5.74, 6) is 1.42. The van der Waals surface area contributed by atoms with Crippen LogP contribution in [0.3, 0.4) is 0 Å². The number of phenolic OH excluding ortho intramolecular Hbond substituents is 1. The smallest absolute Gasteiger partial charge is 0.126 e. The van der Waals surface area contributed by atoms with Crippen molar-refractivity contribution in [2.75, 3.05) is 0 Å². The van der Waals surface area contributed by atoms with Crippen LogP contribution in [0.2, 0.25) is 0 Å². The minimum absolute atomic E-state index is 0.103. The second-order valence-corrected chi connectivity index (χ2v) is 7.59. The van der Waals surface area contributed by atoms with Crippen LogP contribution in [0.5, 0.6) is 11.5 Å². The summed E-state index contributed by atoms with van der Waals surface area (Å²) in [6.45, 7) is 12.9. The van der Waals surface area contributed by atoms with Crippen LogP contribution in [0.4, 0.5) is 0 Å². The molecular weight excluding hydrogens is 236 g/mol. The van der Waals surface area contributed by atoms with E-state index in [1.54, 1.807) is 0 Å². The van der Waals surface area contributed by atoms with Crippen LogP contribution in [0.15, 0.2) is 6.07 Å². The van der Waals surface area contributed by atoms with Gasteiger partial charge in [-0.05, 0) is 62.6 Å². The first-order chi connectivity index (χ1) is 8.59. The van der Waals surface area contributed by atoms with E-state index in [1.807, 2.05) is 6.07 Å². The monoisotopic (exact) mass is 262 g/mol. The SMILES string of the molecule is Cc1c(CC(C)(C)C)c(O)cc2c1OC(C)(C)CC2. The van der Waals surface area contributed by atoms with Crippen LogP contribution in [0.25, 0.3) is 0 Å². The van der Waals surface area contributed by atoms with Crippen molar-refractivity contribution in [3.8, 4) is 11.5 Å². The van der Waals surface area contributed by atoms with Crippen molar-refractivity contribution >= 4 is 0 Å². The largest absolute Gasteiger partial charge is 0.508 e. The Kier molecular flexibility index (Phi) is 3.32. The number of hydrogen-bond acceptors (Lipinski definition) is 2. The molecule has 2 nitrogen and oxygen atoms in total. The lowest BCUT2D eigenvalue weighted by molar-refractivity contribution is 0.0833. The number of ether oxygens (including phenoxy) is 1. The van der Waals surface area contributed by atoms with E-state index in [0.717, 1.165) is 41.7 Å². The van der Waals surface area contributed by atoms with Crippen LogP contribution in [-0.4, -0.2) is 10.7 Å². The third-order valence-corrected chi connectivity index (χ3v) is 3.79. The van der Waals surface area contributed by atoms with Gasteiger partial charge < -0.3 is 9.84 Å². The highest BCUT2D eigenvalue weighted by Gasteiger charge is 2.30. The topological polar surface area (TPSA) is 29.5 Å². The maximum absolute atomic E-state index is 10.3. The molecule has 1 aromatic rings. The summed E-state index contributed by atoms with van der Waals surface area (Å²) < 4.78 is 6.15. The fourth-order valence-electron chi connectivity index (χ4n) is 2.73. The van der Waals surface area contributed by atoms with Gasteiger partial charge in [-0.15, -0.1) is 0 Å². The maximum Gasteiger partial charge on any atom is 0.126 e. The molecule has 1 aliphatic heterocycles. The van der Waals surface area contributed by atoms with E-state index in [-0.39, 0.29) is 11.0 Å². The Morgan fingerprint density at radius 2 is 1.95 bits per heavy atom. The Morgan fingerprint density at radius 1 is 1.32 bits per heavy atom. The molecule has 0 saturated heterocycles. The van der Waals surface area contributed by atoms with Gasteiger partial charge in [-0.25, -0.2) is 0 Å². The molecule has 1 aliphatic rings. The molecule has 2 heteroatoms. The number of hydrogen-bond donors (Lipinski definition) is 1. The molecule has 1 N–H and O–H groups in total. The lowest BCUT2D eigenvalue weighted by Gasteiger charge is -2.35. The fourth-order valence-corrected chi connectivity index (χ4v) is 2.73. The number of aryl methyl sites for hydroxylation is 1. The third-order valence-electron chi connectivity index (χ3n) is 3.79. The fraction of sp³-hybridized carbons (Fsp3) is 0.647. The zero-order chi connectivity index (χ0) is 14.4. The Labute approximate surface area is 116 Å². The second kappa shape index (κ2) is 4.43. The first kappa shape index (κ1) is 14.2. The maximum atomic E-state index is 10.3. The average Bonchev–Trinajstić information content (AvgIpc) is 2.24. The molecule has 106 valence electrons. The molecule has 0 unspecified atom stereocenters. The summed E-state index contributed by atoms with van der Waals surface area (Å²) >= 11 is 0. The molecule has 0 fully saturated rings. The Morgan fingerprint density at radius 3 is 2.53 bits per heavy atom. The summed E-state index contributed by atoms with van der Waals surface area (Å²) in [5, 5.41) is 10.3. The average molecular weight is 262 g/mol. The standard InChI is InChI=1S/C17H26O2/c1-11-13(10-16(2,3)4)14(18)9-12-7-8-17(5,6)19-15(11)12/h9,18H,7-8,10H2,1-6H3. The van der Waals surface area contributed by atoms with Crippen molar-refractivity contribution in [2.45, 2.75) is 66.4 Å². The van der Waals surface area contributed by atoms with Gasteiger partial charge in [0.05, 0.1) is 0 Å². The van der Waals surface area contributed by atoms with E-state index in [1.165, 1.54) is 0 Å². The third kappa shape index (κ3) is 3.05. The number of aromatic hydroxyl groups is 1. The molecule has 0 aliphatic carbocycles. The molecule has 0 atom stereocenters. The van der Waals surface area contributed by atoms with Crippen molar-refractivity contribution in [3.63, 3.8) is 0 Å². The highest BCUT2D eigenvalue weighted by atomic mass is 16.5. The van der Waals surface area contributed by atoms with Gasteiger partial charge in [0.25, 0.3) is 0 Å². The molecule has 1 heterocycles. The summed E-state index contributed by atoms with van der Waals surface area (Å²) in [7, 11) is 0. The summed E-state index contributed by atoms with van der Waals surface area (Å²) in [6.07, 6.45) is 2.84. The van der Waals surface area contributed by atoms with E-state index >= 15 is 0 Å². The Hall–Kier alpha value is -1.18. The number of benzene rings is 1. The van der Waals surface area contributed by atoms with Crippen LogP contribution >= 0.6 is 0 Å². The van der Waals surface area contributed by atoms with Crippen molar-refractivity contribution in [1.82, 2.24) is 0 Å². The van der Waals surface area contributed by atoms with Crippen LogP contribution in [0, 0.1) is 12.3 Å². The van der Waals surface area contributed by atoms with Gasteiger partial charge in [-0.1, -0.05) is 20.8 Å². The van der Waals surface area contributed by atoms with E-state index in [0.29, 0.717) is 5.75 Å². The van der Waals surface area contributed by atoms with E-state index < -0.39 is 0 Å². The van der Waals surface area contributed by atoms with E-state index in [2.05, 4.69) is 41.5 Å². The lowest BCUT2D eigenvalue weighted by atomic mass is 9.83. The molecule has 0 amide bonds.